The first-order valence-corrected chi connectivity index (χ1v) is 11.6. The lowest BCUT2D eigenvalue weighted by Crippen LogP contribution is -2.60. The van der Waals surface area contributed by atoms with Gasteiger partial charge in [-0.2, -0.15) is 0 Å². The molecule has 0 saturated carbocycles. The van der Waals surface area contributed by atoms with Crippen LogP contribution in [-0.4, -0.2) is 96.1 Å². The summed E-state index contributed by atoms with van der Waals surface area (Å²) in [7, 11) is 0. The predicted molar refractivity (Wildman–Crippen MR) is 125 cm³/mol. The molecule has 2 saturated heterocycles. The van der Waals surface area contributed by atoms with Gasteiger partial charge in [0.15, 0.2) is 11.5 Å². The number of amides is 3. The fraction of sp³-hybridized carbons (Fsp3) is 0.435. The monoisotopic (exact) mass is 481 g/mol. The lowest BCUT2D eigenvalue weighted by molar-refractivity contribution is -0.145. The minimum absolute atomic E-state index is 0.134. The highest BCUT2D eigenvalue weighted by Crippen LogP contribution is 2.34. The summed E-state index contributed by atoms with van der Waals surface area (Å²) >= 11 is 0. The Bertz CT molecular complexity index is 1090. The lowest BCUT2D eigenvalue weighted by atomic mass is 10.1. The van der Waals surface area contributed by atoms with Crippen LogP contribution in [0, 0.1) is 0 Å². The molecule has 35 heavy (non-hydrogen) atoms. The number of nitrogens with zero attached hydrogens (tertiary/aromatic N) is 5. The fourth-order valence-electron chi connectivity index (χ4n) is 4.42. The number of benzene rings is 1. The first-order valence-electron chi connectivity index (χ1n) is 11.6. The van der Waals surface area contributed by atoms with E-state index < -0.39 is 6.04 Å². The van der Waals surface area contributed by atoms with Crippen LogP contribution in [0.2, 0.25) is 0 Å². The van der Waals surface area contributed by atoms with E-state index in [0.717, 1.165) is 0 Å². The number of hydrogen-bond acceptors (Lipinski definition) is 9. The molecule has 12 nitrogen and oxygen atoms in total. The smallest absolute Gasteiger partial charge is 0.243 e. The molecule has 2 N–H and O–H groups in total. The number of nitrogens with one attached hydrogen (secondary N) is 2. The number of piperazine rings is 2. The number of carbonyl (C=O) groups excluding carboxylic acids is 3. The van der Waals surface area contributed by atoms with Gasteiger partial charge < -0.3 is 29.9 Å². The van der Waals surface area contributed by atoms with Crippen molar-refractivity contribution >= 4 is 29.4 Å². The quantitative estimate of drug-likeness (QED) is 0.570. The third-order valence-electron chi connectivity index (χ3n) is 6.25. The van der Waals surface area contributed by atoms with Crippen LogP contribution in [0.15, 0.2) is 36.7 Å². The molecule has 1 atom stereocenters. The molecule has 12 heteroatoms. The number of aromatic nitrogens is 2. The van der Waals surface area contributed by atoms with Gasteiger partial charge in [0, 0.05) is 63.4 Å². The van der Waals surface area contributed by atoms with Crippen molar-refractivity contribution in [1.29, 1.82) is 0 Å². The molecular weight excluding hydrogens is 454 g/mol. The standard InChI is InChI=1S/C23H27N7O5/c31-20(27-16-2-3-18-19(12-16)35-15-34-18)13-17-22(33)24-6-7-30(17)21(32)14-28-8-10-29(11-9-28)23-25-4-1-5-26-23/h1-5,12,17H,6-11,13-15H2,(H,24,33)(H,27,31)/t17-/m1/s1. The van der Waals surface area contributed by atoms with Crippen molar-refractivity contribution in [3.63, 3.8) is 0 Å². The summed E-state index contributed by atoms with van der Waals surface area (Å²) in [4.78, 5) is 52.7. The Balaban J connectivity index is 1.16. The lowest BCUT2D eigenvalue weighted by Gasteiger charge is -2.38. The SMILES string of the molecule is O=C(C[C@@H]1C(=O)NCCN1C(=O)CN1CCN(c2ncccn2)CC1)Nc1ccc2c(c1)OCO2. The van der Waals surface area contributed by atoms with E-state index in [9.17, 15) is 14.4 Å². The number of hydrogen-bond donors (Lipinski definition) is 2. The second-order valence-corrected chi connectivity index (χ2v) is 8.53. The molecule has 3 aliphatic rings. The minimum atomic E-state index is -0.857. The summed E-state index contributed by atoms with van der Waals surface area (Å²) in [5.74, 6) is 0.999. The average Bonchev–Trinajstić information content (AvgIpc) is 3.34. The first kappa shape index (κ1) is 22.8. The van der Waals surface area contributed by atoms with Crippen LogP contribution >= 0.6 is 0 Å². The summed E-state index contributed by atoms with van der Waals surface area (Å²) in [6.45, 7) is 3.84. The molecule has 3 amide bonds. The molecule has 0 aliphatic carbocycles. The maximum absolute atomic E-state index is 13.1. The molecule has 1 aromatic carbocycles. The van der Waals surface area contributed by atoms with Crippen molar-refractivity contribution in [2.24, 2.45) is 0 Å². The third kappa shape index (κ3) is 5.27. The van der Waals surface area contributed by atoms with Crippen molar-refractivity contribution in [2.45, 2.75) is 12.5 Å². The second kappa shape index (κ2) is 10.1. The minimum Gasteiger partial charge on any atom is -0.454 e. The predicted octanol–water partition coefficient (Wildman–Crippen LogP) is -0.317. The molecule has 4 heterocycles. The van der Waals surface area contributed by atoms with Gasteiger partial charge in [0.1, 0.15) is 6.04 Å². The Morgan fingerprint density at radius 3 is 2.63 bits per heavy atom. The molecule has 184 valence electrons. The van der Waals surface area contributed by atoms with Crippen LogP contribution in [-0.2, 0) is 14.4 Å². The van der Waals surface area contributed by atoms with Crippen LogP contribution in [0.4, 0.5) is 11.6 Å². The largest absolute Gasteiger partial charge is 0.454 e. The summed E-state index contributed by atoms with van der Waals surface area (Å²) in [6.07, 6.45) is 3.29. The molecule has 0 bridgehead atoms. The molecule has 0 spiro atoms. The van der Waals surface area contributed by atoms with Gasteiger partial charge in [-0.15, -0.1) is 0 Å². The van der Waals surface area contributed by atoms with Crippen molar-refractivity contribution in [1.82, 2.24) is 25.1 Å². The van der Waals surface area contributed by atoms with Crippen LogP contribution in [0.1, 0.15) is 6.42 Å². The number of carbonyl (C=O) groups is 3. The van der Waals surface area contributed by atoms with E-state index in [1.807, 2.05) is 0 Å². The van der Waals surface area contributed by atoms with E-state index >= 15 is 0 Å². The molecule has 2 aromatic rings. The summed E-state index contributed by atoms with van der Waals surface area (Å²) in [5.41, 5.74) is 0.536. The molecule has 3 aliphatic heterocycles. The fourth-order valence-corrected chi connectivity index (χ4v) is 4.42. The summed E-state index contributed by atoms with van der Waals surface area (Å²) in [6, 6.07) is 6.01. The Hall–Kier alpha value is -3.93. The third-order valence-corrected chi connectivity index (χ3v) is 6.25. The topological polar surface area (TPSA) is 129 Å². The van der Waals surface area contributed by atoms with Gasteiger partial charge in [0.2, 0.25) is 30.5 Å². The van der Waals surface area contributed by atoms with E-state index in [1.165, 1.54) is 4.90 Å². The summed E-state index contributed by atoms with van der Waals surface area (Å²) in [5, 5.41) is 5.54. The maximum Gasteiger partial charge on any atom is 0.243 e. The van der Waals surface area contributed by atoms with Crippen molar-refractivity contribution in [2.75, 3.05) is 62.8 Å². The van der Waals surface area contributed by atoms with Crippen molar-refractivity contribution < 1.29 is 23.9 Å². The van der Waals surface area contributed by atoms with Gasteiger partial charge in [-0.1, -0.05) is 0 Å². The summed E-state index contributed by atoms with van der Waals surface area (Å²) < 4.78 is 10.6. The van der Waals surface area contributed by atoms with Crippen molar-refractivity contribution in [3.05, 3.63) is 36.7 Å². The normalized spacial score (nSPS) is 19.9. The Kier molecular flexibility index (Phi) is 6.62. The van der Waals surface area contributed by atoms with Crippen LogP contribution in [0.3, 0.4) is 0 Å². The highest BCUT2D eigenvalue weighted by molar-refractivity contribution is 5.97. The van der Waals surface area contributed by atoms with E-state index in [4.69, 9.17) is 9.47 Å². The van der Waals surface area contributed by atoms with Crippen molar-refractivity contribution in [3.8, 4) is 11.5 Å². The molecule has 2 fully saturated rings. The van der Waals surface area contributed by atoms with Gasteiger partial charge in [0.05, 0.1) is 13.0 Å². The van der Waals surface area contributed by atoms with E-state index in [2.05, 4.69) is 30.4 Å². The van der Waals surface area contributed by atoms with Gasteiger partial charge in [0.25, 0.3) is 0 Å². The molecule has 0 radical (unpaired) electrons. The van der Waals surface area contributed by atoms with Crippen LogP contribution in [0.25, 0.3) is 0 Å². The van der Waals surface area contributed by atoms with Crippen LogP contribution < -0.4 is 25.0 Å². The highest BCUT2D eigenvalue weighted by atomic mass is 16.7. The highest BCUT2D eigenvalue weighted by Gasteiger charge is 2.35. The average molecular weight is 482 g/mol. The van der Waals surface area contributed by atoms with Gasteiger partial charge in [-0.3, -0.25) is 19.3 Å². The van der Waals surface area contributed by atoms with E-state index in [0.29, 0.717) is 62.4 Å². The zero-order valence-corrected chi connectivity index (χ0v) is 19.2. The number of ether oxygens (including phenoxy) is 2. The molecular formula is C23H27N7O5. The number of rotatable bonds is 6. The molecule has 1 aromatic heterocycles. The molecule has 0 unspecified atom stereocenters. The second-order valence-electron chi connectivity index (χ2n) is 8.53. The maximum atomic E-state index is 13.1. The zero-order valence-electron chi connectivity index (χ0n) is 19.2. The van der Waals surface area contributed by atoms with Crippen LogP contribution in [0.5, 0.6) is 11.5 Å². The van der Waals surface area contributed by atoms with Gasteiger partial charge in [-0.25, -0.2) is 9.97 Å². The van der Waals surface area contributed by atoms with E-state index in [-0.39, 0.29) is 37.5 Å². The van der Waals surface area contributed by atoms with Gasteiger partial charge >= 0.3 is 0 Å². The molecule has 5 rings (SSSR count). The Morgan fingerprint density at radius 1 is 1.06 bits per heavy atom. The number of fused-ring (bicyclic) bond motifs is 1. The zero-order chi connectivity index (χ0) is 24.2. The Morgan fingerprint density at radius 2 is 1.83 bits per heavy atom. The number of anilines is 2. The van der Waals surface area contributed by atoms with Gasteiger partial charge in [-0.05, 0) is 18.2 Å². The van der Waals surface area contributed by atoms with E-state index in [1.54, 1.807) is 36.7 Å². The Labute approximate surface area is 202 Å². The first-order chi connectivity index (χ1) is 17.1.